The predicted octanol–water partition coefficient (Wildman–Crippen LogP) is 1.99. The van der Waals surface area contributed by atoms with E-state index in [0.717, 1.165) is 10.6 Å². The molecule has 1 aliphatic heterocycles. The molecule has 4 heteroatoms. The van der Waals surface area contributed by atoms with Gasteiger partial charge in [-0.1, -0.05) is 23.9 Å². The molecule has 62 valence electrons. The highest BCUT2D eigenvalue weighted by molar-refractivity contribution is 8.11. The molecule has 1 aromatic rings. The molecule has 1 unspecified atom stereocenters. The van der Waals surface area contributed by atoms with Crippen molar-refractivity contribution < 1.29 is 4.79 Å². The Hall–Kier alpha value is -0.610. The molecule has 0 radical (unpaired) electrons. The van der Waals surface area contributed by atoms with Crippen LogP contribution in [0.25, 0.3) is 0 Å². The largest absolute Gasteiger partial charge is 0.323 e. The quantitative estimate of drug-likeness (QED) is 0.623. The molecule has 2 nitrogen and oxygen atoms in total. The van der Waals surface area contributed by atoms with Gasteiger partial charge in [0.15, 0.2) is 0 Å². The van der Waals surface area contributed by atoms with Crippen LogP contribution >= 0.6 is 24.4 Å². The minimum Gasteiger partial charge on any atom is -0.323 e. The van der Waals surface area contributed by atoms with Crippen LogP contribution in [0, 0.1) is 0 Å². The molecule has 2 rings (SSSR count). The predicted molar refractivity (Wildman–Crippen MR) is 53.7 cm³/mol. The first-order chi connectivity index (χ1) is 5.77. The Bertz CT molecular complexity index is 327. The fraction of sp³-hybridized carbons (Fsp3) is 0.125. The number of nitrogens with one attached hydrogen (secondary N) is 1. The molecule has 1 heterocycles. The summed E-state index contributed by atoms with van der Waals surface area (Å²) in [5.41, 5.74) is 0.887. The number of carbonyl (C=O) groups is 1. The van der Waals surface area contributed by atoms with Crippen LogP contribution in [0.3, 0.4) is 0 Å². The van der Waals surface area contributed by atoms with E-state index in [1.165, 1.54) is 11.8 Å². The zero-order valence-corrected chi connectivity index (χ0v) is 7.86. The average molecular weight is 197 g/mol. The van der Waals surface area contributed by atoms with Crippen LogP contribution in [0.1, 0.15) is 0 Å². The summed E-state index contributed by atoms with van der Waals surface area (Å²) in [6, 6.07) is 7.71. The number of para-hydroxylation sites is 1. The van der Waals surface area contributed by atoms with E-state index in [1.54, 1.807) is 0 Å². The third-order valence-electron chi connectivity index (χ3n) is 1.61. The van der Waals surface area contributed by atoms with Gasteiger partial charge in [-0.2, -0.15) is 12.6 Å². The zero-order valence-electron chi connectivity index (χ0n) is 6.15. The number of anilines is 1. The standard InChI is InChI=1S/C8H7NOS2/c10-7-8(11)12-6-4-2-1-3-5(6)9-7/h1-4,8,11H,(H,9,10). The lowest BCUT2D eigenvalue weighted by Crippen LogP contribution is -2.24. The van der Waals surface area contributed by atoms with Crippen LogP contribution in [0.2, 0.25) is 0 Å². The van der Waals surface area contributed by atoms with E-state index in [1.807, 2.05) is 24.3 Å². The smallest absolute Gasteiger partial charge is 0.247 e. The van der Waals surface area contributed by atoms with Crippen molar-refractivity contribution in [3.05, 3.63) is 24.3 Å². The summed E-state index contributed by atoms with van der Waals surface area (Å²) >= 11 is 5.60. The van der Waals surface area contributed by atoms with Gasteiger partial charge in [0.1, 0.15) is 4.58 Å². The van der Waals surface area contributed by atoms with Crippen molar-refractivity contribution in [2.24, 2.45) is 0 Å². The summed E-state index contributed by atoms with van der Waals surface area (Å²) in [5, 5.41) is 2.77. The molecule has 1 aliphatic rings. The van der Waals surface area contributed by atoms with Crippen LogP contribution in [0.5, 0.6) is 0 Å². The van der Waals surface area contributed by atoms with Gasteiger partial charge in [-0.05, 0) is 12.1 Å². The summed E-state index contributed by atoms with van der Waals surface area (Å²) in [4.78, 5) is 12.2. The minimum absolute atomic E-state index is 0.0398. The van der Waals surface area contributed by atoms with Crippen LogP contribution < -0.4 is 5.32 Å². The van der Waals surface area contributed by atoms with Gasteiger partial charge in [-0.25, -0.2) is 0 Å². The van der Waals surface area contributed by atoms with E-state index < -0.39 is 0 Å². The lowest BCUT2D eigenvalue weighted by Gasteiger charge is -2.19. The Morgan fingerprint density at radius 2 is 2.17 bits per heavy atom. The fourth-order valence-electron chi connectivity index (χ4n) is 1.04. The van der Waals surface area contributed by atoms with Gasteiger partial charge in [0.2, 0.25) is 5.91 Å². The topological polar surface area (TPSA) is 29.1 Å². The molecular formula is C8H7NOS2. The zero-order chi connectivity index (χ0) is 8.55. The normalized spacial score (nSPS) is 21.4. The van der Waals surface area contributed by atoms with E-state index in [2.05, 4.69) is 17.9 Å². The number of rotatable bonds is 0. The molecule has 0 fully saturated rings. The second-order valence-corrected chi connectivity index (χ2v) is 4.47. The van der Waals surface area contributed by atoms with Crippen molar-refractivity contribution in [3.8, 4) is 0 Å². The lowest BCUT2D eigenvalue weighted by atomic mass is 10.3. The van der Waals surface area contributed by atoms with Crippen molar-refractivity contribution >= 4 is 36.0 Å². The SMILES string of the molecule is O=C1Nc2ccccc2SC1S. The highest BCUT2D eigenvalue weighted by Gasteiger charge is 2.22. The number of thioether (sulfide) groups is 1. The second kappa shape index (κ2) is 3.03. The maximum absolute atomic E-state index is 11.1. The van der Waals surface area contributed by atoms with Crippen LogP contribution in [0.4, 0.5) is 5.69 Å². The third kappa shape index (κ3) is 1.32. The first-order valence-corrected chi connectivity index (χ1v) is 4.91. The molecule has 1 atom stereocenters. The van der Waals surface area contributed by atoms with Crippen molar-refractivity contribution in [2.45, 2.75) is 9.48 Å². The summed E-state index contributed by atoms with van der Waals surface area (Å²) in [6.07, 6.45) is 0. The Kier molecular flexibility index (Phi) is 2.02. The molecule has 12 heavy (non-hydrogen) atoms. The average Bonchev–Trinajstić information content (AvgIpc) is 2.07. The number of fused-ring (bicyclic) bond motifs is 1. The Labute approximate surface area is 80.1 Å². The van der Waals surface area contributed by atoms with Gasteiger partial charge in [0, 0.05) is 4.90 Å². The molecular weight excluding hydrogens is 190 g/mol. The first-order valence-electron chi connectivity index (χ1n) is 3.52. The summed E-state index contributed by atoms with van der Waals surface area (Å²) in [6.45, 7) is 0. The van der Waals surface area contributed by atoms with Crippen LogP contribution in [-0.4, -0.2) is 10.5 Å². The van der Waals surface area contributed by atoms with Crippen molar-refractivity contribution in [2.75, 3.05) is 5.32 Å². The fourth-order valence-corrected chi connectivity index (χ4v) is 2.26. The molecule has 0 saturated heterocycles. The van der Waals surface area contributed by atoms with Gasteiger partial charge >= 0.3 is 0 Å². The van der Waals surface area contributed by atoms with Crippen LogP contribution in [-0.2, 0) is 4.79 Å². The van der Waals surface area contributed by atoms with Gasteiger partial charge in [-0.15, -0.1) is 0 Å². The summed E-state index contributed by atoms with van der Waals surface area (Å²) in [5.74, 6) is -0.0398. The summed E-state index contributed by atoms with van der Waals surface area (Å²) < 4.78 is -0.278. The molecule has 0 spiro atoms. The van der Waals surface area contributed by atoms with Gasteiger partial charge in [0.25, 0.3) is 0 Å². The molecule has 1 N–H and O–H groups in total. The molecule has 0 aromatic heterocycles. The van der Waals surface area contributed by atoms with Crippen LogP contribution in [0.15, 0.2) is 29.2 Å². The van der Waals surface area contributed by atoms with E-state index >= 15 is 0 Å². The monoisotopic (exact) mass is 197 g/mol. The van der Waals surface area contributed by atoms with Crippen molar-refractivity contribution in [3.63, 3.8) is 0 Å². The third-order valence-corrected chi connectivity index (χ3v) is 3.21. The molecule has 1 aromatic carbocycles. The Morgan fingerprint density at radius 3 is 3.00 bits per heavy atom. The van der Waals surface area contributed by atoms with E-state index in [4.69, 9.17) is 0 Å². The number of hydrogen-bond acceptors (Lipinski definition) is 3. The molecule has 1 amide bonds. The van der Waals surface area contributed by atoms with Crippen molar-refractivity contribution in [1.82, 2.24) is 0 Å². The van der Waals surface area contributed by atoms with E-state index in [0.29, 0.717) is 0 Å². The van der Waals surface area contributed by atoms with Gasteiger partial charge in [-0.3, -0.25) is 4.79 Å². The van der Waals surface area contributed by atoms with Gasteiger partial charge < -0.3 is 5.32 Å². The number of carbonyl (C=O) groups excluding carboxylic acids is 1. The number of hydrogen-bond donors (Lipinski definition) is 2. The number of benzene rings is 1. The highest BCUT2D eigenvalue weighted by Crippen LogP contribution is 2.36. The van der Waals surface area contributed by atoms with Crippen molar-refractivity contribution in [1.29, 1.82) is 0 Å². The number of amides is 1. The van der Waals surface area contributed by atoms with E-state index in [9.17, 15) is 4.79 Å². The highest BCUT2D eigenvalue weighted by atomic mass is 32.2. The minimum atomic E-state index is -0.278. The van der Waals surface area contributed by atoms with E-state index in [-0.39, 0.29) is 10.5 Å². The number of thiol groups is 1. The summed E-state index contributed by atoms with van der Waals surface area (Å²) in [7, 11) is 0. The molecule has 0 saturated carbocycles. The lowest BCUT2D eigenvalue weighted by molar-refractivity contribution is -0.114. The van der Waals surface area contributed by atoms with Gasteiger partial charge in [0.05, 0.1) is 5.69 Å². The Morgan fingerprint density at radius 1 is 1.42 bits per heavy atom. The molecule has 0 bridgehead atoms. The Balaban J connectivity index is 2.40. The maximum Gasteiger partial charge on any atom is 0.247 e. The second-order valence-electron chi connectivity index (χ2n) is 2.46. The maximum atomic E-state index is 11.1. The molecule has 0 aliphatic carbocycles. The first kappa shape index (κ1) is 8.01.